The average Bonchev–Trinajstić information content (AvgIpc) is 3.23. The molecule has 0 N–H and O–H groups in total. The topological polar surface area (TPSA) is 60.1 Å². The highest BCUT2D eigenvalue weighted by atomic mass is 32.1. The van der Waals surface area contributed by atoms with E-state index in [1.54, 1.807) is 4.57 Å². The van der Waals surface area contributed by atoms with Crippen LogP contribution in [-0.4, -0.2) is 32.3 Å². The van der Waals surface area contributed by atoms with E-state index in [1.165, 1.54) is 20.9 Å². The van der Waals surface area contributed by atoms with E-state index in [2.05, 4.69) is 29.1 Å². The molecule has 1 saturated carbocycles. The molecule has 2 aliphatic heterocycles. The van der Waals surface area contributed by atoms with E-state index in [1.807, 2.05) is 11.3 Å². The molecule has 1 aliphatic carbocycles. The SMILES string of the molecule is Cc1ccc(CN2C[C@@H]3Cn4c(nn(CC5CCC5)c(=O)c4=O)[C@@H]3C2)s1. The van der Waals surface area contributed by atoms with Gasteiger partial charge in [-0.25, -0.2) is 4.68 Å². The van der Waals surface area contributed by atoms with Crippen LogP contribution in [0.2, 0.25) is 0 Å². The fraction of sp³-hybridized carbons (Fsp3) is 0.632. The van der Waals surface area contributed by atoms with Crippen LogP contribution in [0.25, 0.3) is 0 Å². The van der Waals surface area contributed by atoms with Crippen LogP contribution in [-0.2, 0) is 19.6 Å². The van der Waals surface area contributed by atoms with Crippen molar-refractivity contribution in [1.29, 1.82) is 0 Å². The second-order valence-corrected chi connectivity index (χ2v) is 9.50. The van der Waals surface area contributed by atoms with Gasteiger partial charge in [0.2, 0.25) is 0 Å². The number of hydrogen-bond donors (Lipinski definition) is 0. The zero-order valence-electron chi connectivity index (χ0n) is 15.1. The normalized spacial score (nSPS) is 25.3. The Hall–Kier alpha value is -1.73. The van der Waals surface area contributed by atoms with Gasteiger partial charge in [0.1, 0.15) is 5.82 Å². The summed E-state index contributed by atoms with van der Waals surface area (Å²) in [5, 5.41) is 4.67. The Morgan fingerprint density at radius 3 is 2.69 bits per heavy atom. The number of rotatable bonds is 4. The zero-order valence-corrected chi connectivity index (χ0v) is 15.9. The van der Waals surface area contributed by atoms with Crippen molar-refractivity contribution in [3.05, 3.63) is 48.4 Å². The van der Waals surface area contributed by atoms with Crippen molar-refractivity contribution in [2.75, 3.05) is 13.1 Å². The summed E-state index contributed by atoms with van der Waals surface area (Å²) < 4.78 is 3.12. The van der Waals surface area contributed by atoms with Crippen molar-refractivity contribution in [1.82, 2.24) is 19.2 Å². The minimum atomic E-state index is -0.438. The molecule has 138 valence electrons. The van der Waals surface area contributed by atoms with Gasteiger partial charge in [-0.3, -0.25) is 19.1 Å². The molecule has 5 rings (SSSR count). The van der Waals surface area contributed by atoms with Gasteiger partial charge in [0.25, 0.3) is 0 Å². The molecule has 7 heteroatoms. The molecule has 1 saturated heterocycles. The lowest BCUT2D eigenvalue weighted by Gasteiger charge is -2.25. The number of fused-ring (bicyclic) bond motifs is 3. The van der Waals surface area contributed by atoms with E-state index >= 15 is 0 Å². The number of thiophene rings is 1. The van der Waals surface area contributed by atoms with E-state index in [4.69, 9.17) is 0 Å². The molecular formula is C19H24N4O2S. The van der Waals surface area contributed by atoms with Crippen LogP contribution in [0, 0.1) is 18.8 Å². The fourth-order valence-electron chi connectivity index (χ4n) is 4.64. The number of nitrogens with zero attached hydrogens (tertiary/aromatic N) is 4. The van der Waals surface area contributed by atoms with Gasteiger partial charge in [0, 0.05) is 54.3 Å². The van der Waals surface area contributed by atoms with Gasteiger partial charge in [0.15, 0.2) is 0 Å². The molecule has 2 aromatic rings. The Bertz CT molecular complexity index is 955. The first-order valence-electron chi connectivity index (χ1n) is 9.58. The van der Waals surface area contributed by atoms with E-state index in [0.29, 0.717) is 24.9 Å². The molecule has 2 aromatic heterocycles. The monoisotopic (exact) mass is 372 g/mol. The number of aryl methyl sites for hydroxylation is 1. The highest BCUT2D eigenvalue weighted by Gasteiger charge is 2.42. The summed E-state index contributed by atoms with van der Waals surface area (Å²) in [7, 11) is 0. The first-order valence-corrected chi connectivity index (χ1v) is 10.4. The maximum absolute atomic E-state index is 12.6. The zero-order chi connectivity index (χ0) is 17.8. The summed E-state index contributed by atoms with van der Waals surface area (Å²) in [4.78, 5) is 30.1. The molecule has 4 heterocycles. The first-order chi connectivity index (χ1) is 12.6. The second-order valence-electron chi connectivity index (χ2n) is 8.13. The molecule has 0 radical (unpaired) electrons. The average molecular weight is 372 g/mol. The third kappa shape index (κ3) is 2.68. The van der Waals surface area contributed by atoms with Gasteiger partial charge in [-0.1, -0.05) is 6.42 Å². The van der Waals surface area contributed by atoms with Crippen molar-refractivity contribution in [3.63, 3.8) is 0 Å². The molecule has 3 aliphatic rings. The van der Waals surface area contributed by atoms with Crippen LogP contribution in [0.5, 0.6) is 0 Å². The van der Waals surface area contributed by atoms with E-state index in [0.717, 1.165) is 38.3 Å². The maximum atomic E-state index is 12.6. The summed E-state index contributed by atoms with van der Waals surface area (Å²) in [6.07, 6.45) is 3.52. The highest BCUT2D eigenvalue weighted by Crippen LogP contribution is 2.38. The second kappa shape index (κ2) is 6.16. The predicted octanol–water partition coefficient (Wildman–Crippen LogP) is 1.80. The number of likely N-dealkylation sites (tertiary alicyclic amines) is 1. The van der Waals surface area contributed by atoms with Crippen LogP contribution in [0.1, 0.15) is 40.8 Å². The Kier molecular flexibility index (Phi) is 3.90. The Morgan fingerprint density at radius 1 is 1.15 bits per heavy atom. The molecule has 2 atom stereocenters. The first kappa shape index (κ1) is 16.4. The van der Waals surface area contributed by atoms with Gasteiger partial charge in [-0.15, -0.1) is 11.3 Å². The van der Waals surface area contributed by atoms with Crippen LogP contribution in [0.3, 0.4) is 0 Å². The molecule has 0 aromatic carbocycles. The molecule has 2 fully saturated rings. The summed E-state index contributed by atoms with van der Waals surface area (Å²) in [5.41, 5.74) is -0.810. The molecule has 0 bridgehead atoms. The smallest absolute Gasteiger partial charge is 0.297 e. The predicted molar refractivity (Wildman–Crippen MR) is 101 cm³/mol. The van der Waals surface area contributed by atoms with Crippen molar-refractivity contribution < 1.29 is 0 Å². The lowest BCUT2D eigenvalue weighted by atomic mass is 9.85. The lowest BCUT2D eigenvalue weighted by Crippen LogP contribution is -2.45. The van der Waals surface area contributed by atoms with Crippen molar-refractivity contribution >= 4 is 11.3 Å². The largest absolute Gasteiger partial charge is 0.332 e. The van der Waals surface area contributed by atoms with Crippen LogP contribution < -0.4 is 11.1 Å². The van der Waals surface area contributed by atoms with Crippen molar-refractivity contribution in [2.24, 2.45) is 11.8 Å². The van der Waals surface area contributed by atoms with Gasteiger partial charge in [0.05, 0.1) is 0 Å². The van der Waals surface area contributed by atoms with Crippen LogP contribution in [0.4, 0.5) is 0 Å². The van der Waals surface area contributed by atoms with Crippen molar-refractivity contribution in [3.8, 4) is 0 Å². The van der Waals surface area contributed by atoms with E-state index in [9.17, 15) is 9.59 Å². The Labute approximate surface area is 156 Å². The van der Waals surface area contributed by atoms with Crippen LogP contribution in [0.15, 0.2) is 21.7 Å². The highest BCUT2D eigenvalue weighted by molar-refractivity contribution is 7.11. The molecule has 6 nitrogen and oxygen atoms in total. The standard InChI is InChI=1S/C19H24N4O2S/c1-12-5-6-15(26-12)10-21-8-14-9-22-17(16(14)11-21)20-23(19(25)18(22)24)7-13-3-2-4-13/h5-6,13-14,16H,2-4,7-11H2,1H3/t14-,16-/m1/s1. The van der Waals surface area contributed by atoms with Gasteiger partial charge >= 0.3 is 11.1 Å². The maximum Gasteiger partial charge on any atom is 0.332 e. The summed E-state index contributed by atoms with van der Waals surface area (Å²) >= 11 is 1.85. The van der Waals surface area contributed by atoms with Gasteiger partial charge in [-0.05, 0) is 37.8 Å². The molecule has 0 amide bonds. The molecule has 0 spiro atoms. The fourth-order valence-corrected chi connectivity index (χ4v) is 5.57. The minimum absolute atomic E-state index is 0.275. The molecular weight excluding hydrogens is 348 g/mol. The van der Waals surface area contributed by atoms with Gasteiger partial charge < -0.3 is 0 Å². The van der Waals surface area contributed by atoms with Crippen LogP contribution >= 0.6 is 11.3 Å². The third-order valence-corrected chi connectivity index (χ3v) is 7.24. The third-order valence-electron chi connectivity index (χ3n) is 6.26. The van der Waals surface area contributed by atoms with E-state index in [-0.39, 0.29) is 11.5 Å². The number of hydrogen-bond acceptors (Lipinski definition) is 5. The lowest BCUT2D eigenvalue weighted by molar-refractivity contribution is 0.256. The summed E-state index contributed by atoms with van der Waals surface area (Å²) in [5.74, 6) is 2.03. The Morgan fingerprint density at radius 2 is 2.00 bits per heavy atom. The summed E-state index contributed by atoms with van der Waals surface area (Å²) in [6.45, 7) is 6.26. The minimum Gasteiger partial charge on any atom is -0.297 e. The van der Waals surface area contributed by atoms with Gasteiger partial charge in [-0.2, -0.15) is 5.10 Å². The molecule has 26 heavy (non-hydrogen) atoms. The van der Waals surface area contributed by atoms with Crippen molar-refractivity contribution in [2.45, 2.75) is 51.7 Å². The Balaban J connectivity index is 1.39. The quantitative estimate of drug-likeness (QED) is 0.768. The molecule has 0 unspecified atom stereocenters. The number of aromatic nitrogens is 3. The van der Waals surface area contributed by atoms with E-state index < -0.39 is 5.56 Å². The summed E-state index contributed by atoms with van der Waals surface area (Å²) in [6, 6.07) is 4.38.